The number of imidazole rings is 1. The molecule has 5 nitrogen and oxygen atoms in total. The van der Waals surface area contributed by atoms with Gasteiger partial charge in [0.2, 0.25) is 0 Å². The third kappa shape index (κ3) is 1.46. The van der Waals surface area contributed by atoms with Crippen LogP contribution in [0.15, 0.2) is 18.3 Å². The van der Waals surface area contributed by atoms with E-state index in [-0.39, 0.29) is 5.69 Å². The predicted molar refractivity (Wildman–Crippen MR) is 63.2 cm³/mol. The Kier molecular flexibility index (Phi) is 2.07. The summed E-state index contributed by atoms with van der Waals surface area (Å²) in [5.74, 6) is 0.238. The molecule has 88 valence electrons. The van der Waals surface area contributed by atoms with Crippen molar-refractivity contribution in [2.45, 2.75) is 25.2 Å². The highest BCUT2D eigenvalue weighted by atomic mass is 16.4. The van der Waals surface area contributed by atoms with E-state index in [0.29, 0.717) is 17.1 Å². The number of fused-ring (bicyclic) bond motifs is 1. The molecule has 0 aromatic carbocycles. The lowest BCUT2D eigenvalue weighted by atomic mass is 9.85. The fourth-order valence-corrected chi connectivity index (χ4v) is 2.24. The number of hydrogen-bond acceptors (Lipinski definition) is 3. The van der Waals surface area contributed by atoms with Gasteiger partial charge in [-0.05, 0) is 25.0 Å². The van der Waals surface area contributed by atoms with Crippen LogP contribution in [0.5, 0.6) is 0 Å². The molecule has 17 heavy (non-hydrogen) atoms. The maximum atomic E-state index is 11.2. The molecule has 0 radical (unpaired) electrons. The van der Waals surface area contributed by atoms with E-state index < -0.39 is 5.97 Å². The number of aromatic nitrogens is 2. The van der Waals surface area contributed by atoms with Crippen LogP contribution in [0.4, 0.5) is 5.69 Å². The molecule has 0 amide bonds. The second-order valence-corrected chi connectivity index (χ2v) is 4.47. The van der Waals surface area contributed by atoms with Gasteiger partial charge < -0.3 is 15.2 Å². The van der Waals surface area contributed by atoms with Gasteiger partial charge in [-0.3, -0.25) is 0 Å². The first-order valence-electron chi connectivity index (χ1n) is 5.67. The van der Waals surface area contributed by atoms with Crippen LogP contribution in [-0.2, 0) is 0 Å². The van der Waals surface area contributed by atoms with E-state index in [2.05, 4.69) is 4.98 Å². The average molecular weight is 231 g/mol. The normalized spacial score (nSPS) is 16.0. The fourth-order valence-electron chi connectivity index (χ4n) is 2.24. The van der Waals surface area contributed by atoms with E-state index in [4.69, 9.17) is 10.8 Å². The molecular weight excluding hydrogens is 218 g/mol. The lowest BCUT2D eigenvalue weighted by Crippen LogP contribution is -2.12. The molecule has 5 heteroatoms. The Balaban J connectivity index is 2.26. The second-order valence-electron chi connectivity index (χ2n) is 4.47. The highest BCUT2D eigenvalue weighted by Crippen LogP contribution is 2.36. The van der Waals surface area contributed by atoms with E-state index in [9.17, 15) is 4.79 Å². The Labute approximate surface area is 97.9 Å². The van der Waals surface area contributed by atoms with Crippen molar-refractivity contribution in [2.24, 2.45) is 0 Å². The first-order valence-corrected chi connectivity index (χ1v) is 5.67. The number of pyridine rings is 1. The number of anilines is 1. The van der Waals surface area contributed by atoms with E-state index in [0.717, 1.165) is 18.7 Å². The molecule has 0 saturated heterocycles. The predicted octanol–water partition coefficient (Wildman–Crippen LogP) is 1.88. The van der Waals surface area contributed by atoms with Gasteiger partial charge in [0.25, 0.3) is 0 Å². The van der Waals surface area contributed by atoms with Gasteiger partial charge >= 0.3 is 5.97 Å². The van der Waals surface area contributed by atoms with Gasteiger partial charge in [-0.15, -0.1) is 0 Å². The number of carboxylic acids is 1. The van der Waals surface area contributed by atoms with E-state index in [1.54, 1.807) is 18.3 Å². The molecule has 0 atom stereocenters. The van der Waals surface area contributed by atoms with Gasteiger partial charge in [0.05, 0.1) is 5.52 Å². The van der Waals surface area contributed by atoms with Gasteiger partial charge in [-0.25, -0.2) is 9.78 Å². The zero-order valence-corrected chi connectivity index (χ0v) is 9.26. The standard InChI is InChI=1S/C12H13N3O2/c13-8-4-5-15-9(6-8)10(12(16)17)14-11(15)7-2-1-3-7/h4-7H,1-3,13H2,(H,16,17). The van der Waals surface area contributed by atoms with Crippen molar-refractivity contribution in [1.82, 2.24) is 9.38 Å². The summed E-state index contributed by atoms with van der Waals surface area (Å²) in [6, 6.07) is 3.43. The zero-order valence-electron chi connectivity index (χ0n) is 9.26. The van der Waals surface area contributed by atoms with Gasteiger partial charge in [0.1, 0.15) is 5.82 Å². The van der Waals surface area contributed by atoms with Crippen molar-refractivity contribution >= 4 is 17.2 Å². The van der Waals surface area contributed by atoms with Gasteiger partial charge in [0.15, 0.2) is 5.69 Å². The van der Waals surface area contributed by atoms with Gasteiger partial charge in [-0.2, -0.15) is 0 Å². The van der Waals surface area contributed by atoms with Crippen molar-refractivity contribution in [2.75, 3.05) is 5.73 Å². The molecule has 3 rings (SSSR count). The SMILES string of the molecule is Nc1ccn2c(C3CCC3)nc(C(=O)O)c2c1. The maximum Gasteiger partial charge on any atom is 0.356 e. The van der Waals surface area contributed by atoms with E-state index in [1.165, 1.54) is 6.42 Å². The molecule has 2 aromatic rings. The molecular formula is C12H13N3O2. The summed E-state index contributed by atoms with van der Waals surface area (Å²) in [4.78, 5) is 15.4. The number of carboxylic acid groups (broad SMARTS) is 1. The smallest absolute Gasteiger partial charge is 0.356 e. The number of nitrogens with two attached hydrogens (primary N) is 1. The minimum Gasteiger partial charge on any atom is -0.476 e. The molecule has 0 spiro atoms. The summed E-state index contributed by atoms with van der Waals surface area (Å²) in [5, 5.41) is 9.14. The van der Waals surface area contributed by atoms with Crippen LogP contribution in [0.25, 0.3) is 5.52 Å². The Morgan fingerprint density at radius 1 is 1.53 bits per heavy atom. The van der Waals surface area contributed by atoms with Crippen molar-refractivity contribution in [3.8, 4) is 0 Å². The number of nitrogen functional groups attached to an aromatic ring is 1. The topological polar surface area (TPSA) is 80.6 Å². The third-order valence-electron chi connectivity index (χ3n) is 3.37. The molecule has 2 aromatic heterocycles. The highest BCUT2D eigenvalue weighted by Gasteiger charge is 2.27. The fraction of sp³-hybridized carbons (Fsp3) is 0.333. The quantitative estimate of drug-likeness (QED) is 0.826. The number of carbonyl (C=O) groups is 1. The van der Waals surface area contributed by atoms with Crippen molar-refractivity contribution < 1.29 is 9.90 Å². The monoisotopic (exact) mass is 231 g/mol. The summed E-state index contributed by atoms with van der Waals surface area (Å²) in [6.45, 7) is 0. The number of rotatable bonds is 2. The molecule has 1 saturated carbocycles. The lowest BCUT2D eigenvalue weighted by molar-refractivity contribution is 0.0693. The lowest BCUT2D eigenvalue weighted by Gasteiger charge is -2.23. The van der Waals surface area contributed by atoms with Gasteiger partial charge in [0, 0.05) is 17.8 Å². The van der Waals surface area contributed by atoms with Crippen LogP contribution >= 0.6 is 0 Å². The molecule has 0 bridgehead atoms. The van der Waals surface area contributed by atoms with Crippen molar-refractivity contribution in [3.05, 3.63) is 29.8 Å². The van der Waals surface area contributed by atoms with E-state index in [1.807, 2.05) is 4.40 Å². The Hall–Kier alpha value is -2.04. The van der Waals surface area contributed by atoms with Crippen LogP contribution in [0.1, 0.15) is 41.5 Å². The van der Waals surface area contributed by atoms with Gasteiger partial charge in [-0.1, -0.05) is 6.42 Å². The van der Waals surface area contributed by atoms with Crippen LogP contribution in [0.2, 0.25) is 0 Å². The largest absolute Gasteiger partial charge is 0.476 e. The Bertz CT molecular complexity index is 599. The summed E-state index contributed by atoms with van der Waals surface area (Å²) in [7, 11) is 0. The molecule has 1 aliphatic rings. The van der Waals surface area contributed by atoms with E-state index >= 15 is 0 Å². The first-order chi connectivity index (χ1) is 8.16. The maximum absolute atomic E-state index is 11.2. The van der Waals surface area contributed by atoms with Crippen molar-refractivity contribution in [1.29, 1.82) is 0 Å². The number of hydrogen-bond donors (Lipinski definition) is 2. The summed E-state index contributed by atoms with van der Waals surface area (Å²) in [5.41, 5.74) is 6.93. The van der Waals surface area contributed by atoms with Crippen LogP contribution in [0, 0.1) is 0 Å². The zero-order chi connectivity index (χ0) is 12.0. The number of aromatic carboxylic acids is 1. The average Bonchev–Trinajstić information content (AvgIpc) is 2.54. The molecule has 3 N–H and O–H groups in total. The summed E-state index contributed by atoms with van der Waals surface area (Å²) in [6.07, 6.45) is 5.17. The summed E-state index contributed by atoms with van der Waals surface area (Å²) < 4.78 is 1.85. The van der Waals surface area contributed by atoms with Crippen LogP contribution in [0.3, 0.4) is 0 Å². The van der Waals surface area contributed by atoms with Crippen LogP contribution < -0.4 is 5.73 Å². The molecule has 0 aliphatic heterocycles. The minimum absolute atomic E-state index is 0.0965. The Morgan fingerprint density at radius 3 is 2.88 bits per heavy atom. The summed E-state index contributed by atoms with van der Waals surface area (Å²) >= 11 is 0. The minimum atomic E-state index is -1.00. The molecule has 2 heterocycles. The van der Waals surface area contributed by atoms with Crippen LogP contribution in [-0.4, -0.2) is 20.5 Å². The Morgan fingerprint density at radius 2 is 2.29 bits per heavy atom. The highest BCUT2D eigenvalue weighted by molar-refractivity contribution is 5.94. The first kappa shape index (κ1) is 10.1. The molecule has 1 aliphatic carbocycles. The molecule has 1 fully saturated rings. The second kappa shape index (κ2) is 3.48. The number of nitrogens with zero attached hydrogens (tertiary/aromatic N) is 2. The molecule has 0 unspecified atom stereocenters. The third-order valence-corrected chi connectivity index (χ3v) is 3.37. The van der Waals surface area contributed by atoms with Crippen molar-refractivity contribution in [3.63, 3.8) is 0 Å².